The van der Waals surface area contributed by atoms with E-state index in [0.29, 0.717) is 17.0 Å². The standard InChI is InChI=1S/C18H15N3O3/c1-13-6-7-21-12-16(20-17(21)10-13)18(22)24-9-8-23-15-4-2-14(11-19)3-5-15/h2-7,10,12H,8-9H2,1H3. The van der Waals surface area contributed by atoms with Gasteiger partial charge in [-0.3, -0.25) is 0 Å². The maximum Gasteiger partial charge on any atom is 0.358 e. The van der Waals surface area contributed by atoms with Crippen LogP contribution in [0.3, 0.4) is 0 Å². The van der Waals surface area contributed by atoms with Crippen LogP contribution in [0.5, 0.6) is 5.75 Å². The predicted molar refractivity (Wildman–Crippen MR) is 86.9 cm³/mol. The molecule has 0 unspecified atom stereocenters. The van der Waals surface area contributed by atoms with E-state index in [0.717, 1.165) is 5.56 Å². The smallest absolute Gasteiger partial charge is 0.358 e. The first-order valence-corrected chi connectivity index (χ1v) is 7.41. The van der Waals surface area contributed by atoms with E-state index in [2.05, 4.69) is 4.98 Å². The lowest BCUT2D eigenvalue weighted by molar-refractivity contribution is 0.0444. The summed E-state index contributed by atoms with van der Waals surface area (Å²) in [4.78, 5) is 16.3. The van der Waals surface area contributed by atoms with E-state index in [1.165, 1.54) is 0 Å². The van der Waals surface area contributed by atoms with Crippen molar-refractivity contribution < 1.29 is 14.3 Å². The van der Waals surface area contributed by atoms with Crippen molar-refractivity contribution in [3.05, 3.63) is 65.6 Å². The molecule has 0 saturated carbocycles. The second-order valence-corrected chi connectivity index (χ2v) is 5.22. The average Bonchev–Trinajstić information content (AvgIpc) is 3.02. The number of hydrogen-bond acceptors (Lipinski definition) is 5. The Labute approximate surface area is 138 Å². The molecule has 0 amide bonds. The second kappa shape index (κ2) is 6.84. The number of esters is 1. The van der Waals surface area contributed by atoms with E-state index in [1.807, 2.05) is 31.3 Å². The minimum absolute atomic E-state index is 0.117. The van der Waals surface area contributed by atoms with Crippen molar-refractivity contribution in [1.82, 2.24) is 9.38 Å². The minimum atomic E-state index is -0.486. The van der Waals surface area contributed by atoms with Gasteiger partial charge in [0.1, 0.15) is 24.6 Å². The van der Waals surface area contributed by atoms with E-state index in [1.54, 1.807) is 34.9 Å². The number of rotatable bonds is 5. The Kier molecular flexibility index (Phi) is 4.43. The number of nitrogens with zero attached hydrogens (tertiary/aromatic N) is 3. The molecule has 0 atom stereocenters. The Balaban J connectivity index is 1.52. The van der Waals surface area contributed by atoms with Crippen molar-refractivity contribution in [3.63, 3.8) is 0 Å². The first-order chi connectivity index (χ1) is 11.7. The zero-order chi connectivity index (χ0) is 16.9. The summed E-state index contributed by atoms with van der Waals surface area (Å²) in [6.45, 7) is 2.31. The molecule has 3 rings (SSSR count). The Morgan fingerprint density at radius 2 is 2.04 bits per heavy atom. The lowest BCUT2D eigenvalue weighted by Crippen LogP contribution is -2.12. The fourth-order valence-electron chi connectivity index (χ4n) is 2.18. The van der Waals surface area contributed by atoms with Gasteiger partial charge in [-0.2, -0.15) is 5.26 Å². The highest BCUT2D eigenvalue weighted by Crippen LogP contribution is 2.12. The van der Waals surface area contributed by atoms with Crippen LogP contribution in [0.4, 0.5) is 0 Å². The van der Waals surface area contributed by atoms with Crippen LogP contribution in [0.25, 0.3) is 5.65 Å². The second-order valence-electron chi connectivity index (χ2n) is 5.22. The number of carbonyl (C=O) groups excluding carboxylic acids is 1. The van der Waals surface area contributed by atoms with Crippen molar-refractivity contribution in [2.24, 2.45) is 0 Å². The van der Waals surface area contributed by atoms with Gasteiger partial charge in [0.25, 0.3) is 0 Å². The summed E-state index contributed by atoms with van der Waals surface area (Å²) in [5.41, 5.74) is 2.61. The number of fused-ring (bicyclic) bond motifs is 1. The highest BCUT2D eigenvalue weighted by Gasteiger charge is 2.12. The number of carbonyl (C=O) groups is 1. The third kappa shape index (κ3) is 3.52. The summed E-state index contributed by atoms with van der Waals surface area (Å²) in [6.07, 6.45) is 3.49. The fourth-order valence-corrected chi connectivity index (χ4v) is 2.18. The number of hydrogen-bond donors (Lipinski definition) is 0. The molecule has 0 spiro atoms. The predicted octanol–water partition coefficient (Wildman–Crippen LogP) is 2.75. The minimum Gasteiger partial charge on any atom is -0.490 e. The Morgan fingerprint density at radius 1 is 1.25 bits per heavy atom. The molecule has 0 aliphatic rings. The van der Waals surface area contributed by atoms with E-state index in [4.69, 9.17) is 14.7 Å². The van der Waals surface area contributed by atoms with E-state index in [9.17, 15) is 4.79 Å². The highest BCUT2D eigenvalue weighted by molar-refractivity contribution is 5.88. The summed E-state index contributed by atoms with van der Waals surface area (Å²) < 4.78 is 12.4. The number of aryl methyl sites for hydroxylation is 1. The summed E-state index contributed by atoms with van der Waals surface area (Å²) in [7, 11) is 0. The van der Waals surface area contributed by atoms with Gasteiger partial charge >= 0.3 is 5.97 Å². The van der Waals surface area contributed by atoms with Crippen LogP contribution in [0.1, 0.15) is 21.6 Å². The van der Waals surface area contributed by atoms with Gasteiger partial charge in [-0.25, -0.2) is 9.78 Å². The topological polar surface area (TPSA) is 76.6 Å². The lowest BCUT2D eigenvalue weighted by Gasteiger charge is -2.06. The van der Waals surface area contributed by atoms with Gasteiger partial charge in [-0.1, -0.05) is 0 Å². The number of ether oxygens (including phenoxy) is 2. The Bertz CT molecular complexity index is 907. The third-order valence-corrected chi connectivity index (χ3v) is 3.39. The summed E-state index contributed by atoms with van der Waals surface area (Å²) in [5.74, 6) is 0.132. The van der Waals surface area contributed by atoms with Gasteiger partial charge in [0.15, 0.2) is 5.69 Å². The lowest BCUT2D eigenvalue weighted by atomic mass is 10.2. The first-order valence-electron chi connectivity index (χ1n) is 7.41. The van der Waals surface area contributed by atoms with Crippen LogP contribution in [0, 0.1) is 18.3 Å². The Hall–Kier alpha value is -3.33. The van der Waals surface area contributed by atoms with E-state index in [-0.39, 0.29) is 18.9 Å². The van der Waals surface area contributed by atoms with Crippen LogP contribution in [-0.4, -0.2) is 28.6 Å². The third-order valence-electron chi connectivity index (χ3n) is 3.39. The monoisotopic (exact) mass is 321 g/mol. The number of benzene rings is 1. The first kappa shape index (κ1) is 15.6. The number of pyridine rings is 1. The Morgan fingerprint density at radius 3 is 2.79 bits per heavy atom. The number of aromatic nitrogens is 2. The molecule has 0 fully saturated rings. The van der Waals surface area contributed by atoms with Gasteiger partial charge in [-0.05, 0) is 48.9 Å². The van der Waals surface area contributed by atoms with Crippen molar-refractivity contribution >= 4 is 11.6 Å². The van der Waals surface area contributed by atoms with Crippen LogP contribution in [0.15, 0.2) is 48.8 Å². The number of nitriles is 1. The van der Waals surface area contributed by atoms with Crippen LogP contribution < -0.4 is 4.74 Å². The molecule has 2 heterocycles. The molecule has 0 radical (unpaired) electrons. The summed E-state index contributed by atoms with van der Waals surface area (Å²) >= 11 is 0. The largest absolute Gasteiger partial charge is 0.490 e. The van der Waals surface area contributed by atoms with E-state index >= 15 is 0 Å². The zero-order valence-corrected chi connectivity index (χ0v) is 13.1. The van der Waals surface area contributed by atoms with Gasteiger partial charge in [0.2, 0.25) is 0 Å². The van der Waals surface area contributed by atoms with Crippen molar-refractivity contribution in [3.8, 4) is 11.8 Å². The molecule has 24 heavy (non-hydrogen) atoms. The van der Waals surface area contributed by atoms with Gasteiger partial charge in [0.05, 0.1) is 11.6 Å². The maximum absolute atomic E-state index is 12.0. The maximum atomic E-state index is 12.0. The van der Waals surface area contributed by atoms with Crippen molar-refractivity contribution in [2.75, 3.05) is 13.2 Å². The molecule has 0 saturated heterocycles. The molecule has 2 aromatic heterocycles. The highest BCUT2D eigenvalue weighted by atomic mass is 16.6. The molecule has 6 nitrogen and oxygen atoms in total. The molecular formula is C18H15N3O3. The van der Waals surface area contributed by atoms with Gasteiger partial charge in [-0.15, -0.1) is 0 Å². The molecule has 120 valence electrons. The molecule has 6 heteroatoms. The molecule has 0 bridgehead atoms. The average molecular weight is 321 g/mol. The van der Waals surface area contributed by atoms with Crippen molar-refractivity contribution in [2.45, 2.75) is 6.92 Å². The summed E-state index contributed by atoms with van der Waals surface area (Å²) in [5, 5.41) is 8.72. The van der Waals surface area contributed by atoms with Crippen LogP contribution in [-0.2, 0) is 4.74 Å². The molecule has 1 aromatic carbocycles. The van der Waals surface area contributed by atoms with Gasteiger partial charge < -0.3 is 13.9 Å². The fraction of sp³-hybridized carbons (Fsp3) is 0.167. The van der Waals surface area contributed by atoms with Crippen LogP contribution >= 0.6 is 0 Å². The van der Waals surface area contributed by atoms with Crippen molar-refractivity contribution in [1.29, 1.82) is 5.26 Å². The van der Waals surface area contributed by atoms with Crippen LogP contribution in [0.2, 0.25) is 0 Å². The van der Waals surface area contributed by atoms with Gasteiger partial charge in [0, 0.05) is 12.4 Å². The molecule has 0 aliphatic heterocycles. The molecular weight excluding hydrogens is 306 g/mol. The quantitative estimate of drug-likeness (QED) is 0.533. The summed E-state index contributed by atoms with van der Waals surface area (Å²) in [6, 6.07) is 12.6. The SMILES string of the molecule is Cc1ccn2cc(C(=O)OCCOc3ccc(C#N)cc3)nc2c1. The molecule has 0 N–H and O–H groups in total. The number of imidazole rings is 1. The molecule has 3 aromatic rings. The van der Waals surface area contributed by atoms with E-state index < -0.39 is 5.97 Å². The molecule has 0 aliphatic carbocycles. The zero-order valence-electron chi connectivity index (χ0n) is 13.1. The normalized spacial score (nSPS) is 10.3.